The van der Waals surface area contributed by atoms with Crippen LogP contribution in [-0.2, 0) is 0 Å². The maximum atomic E-state index is 12.5. The Hall–Kier alpha value is -0.110. The molecule has 1 aliphatic rings. The number of rotatable bonds is 0. The van der Waals surface area contributed by atoms with Gasteiger partial charge in [0.05, 0.1) is 0 Å². The van der Waals surface area contributed by atoms with E-state index >= 15 is 0 Å². The summed E-state index contributed by atoms with van der Waals surface area (Å²) >= 11 is 0. The van der Waals surface area contributed by atoms with Gasteiger partial charge in [0.1, 0.15) is 0 Å². The van der Waals surface area contributed by atoms with Crippen LogP contribution < -0.4 is 0 Å². The summed E-state index contributed by atoms with van der Waals surface area (Å²) in [6.07, 6.45) is 5.79. The molecule has 0 aromatic heterocycles. The molecule has 0 saturated carbocycles. The van der Waals surface area contributed by atoms with Gasteiger partial charge >= 0.3 is 0 Å². The van der Waals surface area contributed by atoms with Gasteiger partial charge < -0.3 is 0 Å². The van der Waals surface area contributed by atoms with Gasteiger partial charge in [-0.2, -0.15) is 0 Å². The van der Waals surface area contributed by atoms with Crippen LogP contribution in [0.3, 0.4) is 0 Å². The summed E-state index contributed by atoms with van der Waals surface area (Å²) in [6.45, 7) is 1.31. The van der Waals surface area contributed by atoms with Gasteiger partial charge in [0.2, 0.25) is 0 Å². The minimum Gasteiger partial charge on any atom is -0.146 e. The van der Waals surface area contributed by atoms with Crippen molar-refractivity contribution in [1.82, 2.24) is 5.12 Å². The molecule has 1 aliphatic heterocycles. The van der Waals surface area contributed by atoms with Crippen LogP contribution in [0.2, 0.25) is 0 Å². The largest absolute Gasteiger partial charge is 0.146 e. The van der Waals surface area contributed by atoms with Crippen LogP contribution >= 0.6 is 0 Å². The molecule has 0 unspecified atom stereocenters. The van der Waals surface area contributed by atoms with E-state index in [0.29, 0.717) is 13.1 Å². The fourth-order valence-corrected chi connectivity index (χ4v) is 1.21. The Morgan fingerprint density at radius 3 is 1.78 bits per heavy atom. The fraction of sp³-hybridized carbons (Fsp3) is 1.00. The Kier molecular flexibility index (Phi) is 2.98. The number of halogens is 1. The Morgan fingerprint density at radius 1 is 0.778 bits per heavy atom. The molecule has 0 aromatic carbocycles. The molecule has 0 N–H and O–H groups in total. The molecular formula is C7H14FN. The zero-order valence-electron chi connectivity index (χ0n) is 5.77. The third-order valence-corrected chi connectivity index (χ3v) is 1.80. The highest BCUT2D eigenvalue weighted by Crippen LogP contribution is 2.09. The van der Waals surface area contributed by atoms with Crippen molar-refractivity contribution < 1.29 is 4.48 Å². The molecule has 0 radical (unpaired) electrons. The molecule has 1 rings (SSSR count). The van der Waals surface area contributed by atoms with Crippen molar-refractivity contribution in [2.75, 3.05) is 13.1 Å². The van der Waals surface area contributed by atoms with Gasteiger partial charge in [-0.15, -0.1) is 9.60 Å². The van der Waals surface area contributed by atoms with E-state index in [1.54, 1.807) is 0 Å². The lowest BCUT2D eigenvalue weighted by molar-refractivity contribution is 0.0176. The lowest BCUT2D eigenvalue weighted by atomic mass is 10.1. The molecule has 1 saturated heterocycles. The first-order valence-electron chi connectivity index (χ1n) is 3.80. The highest BCUT2D eigenvalue weighted by atomic mass is 19.2. The summed E-state index contributed by atoms with van der Waals surface area (Å²) in [7, 11) is 0. The predicted octanol–water partition coefficient (Wildman–Crippen LogP) is 2.14. The molecule has 1 fully saturated rings. The van der Waals surface area contributed by atoms with Crippen molar-refractivity contribution in [3.05, 3.63) is 0 Å². The van der Waals surface area contributed by atoms with Crippen molar-refractivity contribution in [2.45, 2.75) is 32.1 Å². The first kappa shape index (κ1) is 7.00. The minimum absolute atomic E-state index is 0.653. The monoisotopic (exact) mass is 131 g/mol. The SMILES string of the molecule is FN1CCCCCCC1. The van der Waals surface area contributed by atoms with E-state index in [1.807, 2.05) is 0 Å². The van der Waals surface area contributed by atoms with Gasteiger partial charge in [-0.3, -0.25) is 0 Å². The zero-order valence-corrected chi connectivity index (χ0v) is 5.77. The van der Waals surface area contributed by atoms with Crippen LogP contribution in [0.5, 0.6) is 0 Å². The van der Waals surface area contributed by atoms with Crippen LogP contribution in [0.1, 0.15) is 32.1 Å². The number of hydrogen-bond donors (Lipinski definition) is 0. The molecule has 9 heavy (non-hydrogen) atoms. The van der Waals surface area contributed by atoms with Gasteiger partial charge in [-0.05, 0) is 12.8 Å². The van der Waals surface area contributed by atoms with Gasteiger partial charge in [-0.1, -0.05) is 19.3 Å². The van der Waals surface area contributed by atoms with E-state index in [2.05, 4.69) is 0 Å². The standard InChI is InChI=1S/C7H14FN/c8-9-6-4-2-1-3-5-7-9/h1-7H2. The first-order chi connectivity index (χ1) is 4.39. The topological polar surface area (TPSA) is 3.24 Å². The van der Waals surface area contributed by atoms with Gasteiger partial charge in [-0.25, -0.2) is 0 Å². The number of hydrogen-bond acceptors (Lipinski definition) is 1. The molecule has 0 amide bonds. The van der Waals surface area contributed by atoms with Crippen LogP contribution in [0.15, 0.2) is 0 Å². The van der Waals surface area contributed by atoms with Gasteiger partial charge in [0.15, 0.2) is 0 Å². The summed E-state index contributed by atoms with van der Waals surface area (Å²) in [6, 6.07) is 0. The predicted molar refractivity (Wildman–Crippen MR) is 35.8 cm³/mol. The Bertz CT molecular complexity index is 67.3. The second-order valence-electron chi connectivity index (χ2n) is 2.68. The third-order valence-electron chi connectivity index (χ3n) is 1.80. The molecular weight excluding hydrogens is 117 g/mol. The Labute approximate surface area is 55.8 Å². The highest BCUT2D eigenvalue weighted by Gasteiger charge is 2.04. The maximum absolute atomic E-state index is 12.5. The van der Waals surface area contributed by atoms with E-state index in [9.17, 15) is 4.48 Å². The molecule has 2 heteroatoms. The molecule has 0 bridgehead atoms. The molecule has 0 aromatic rings. The van der Waals surface area contributed by atoms with Crippen molar-refractivity contribution in [3.63, 3.8) is 0 Å². The Morgan fingerprint density at radius 2 is 1.22 bits per heavy atom. The van der Waals surface area contributed by atoms with E-state index in [4.69, 9.17) is 0 Å². The summed E-state index contributed by atoms with van der Waals surface area (Å²) in [5, 5.41) is 0.944. The van der Waals surface area contributed by atoms with E-state index in [-0.39, 0.29) is 0 Å². The average Bonchev–Trinajstić information content (AvgIpc) is 1.79. The lowest BCUT2D eigenvalue weighted by Gasteiger charge is -2.14. The Balaban J connectivity index is 2.12. The second kappa shape index (κ2) is 3.83. The van der Waals surface area contributed by atoms with E-state index in [0.717, 1.165) is 18.0 Å². The smallest absolute Gasteiger partial charge is 0.0290 e. The van der Waals surface area contributed by atoms with Crippen LogP contribution in [0, 0.1) is 0 Å². The van der Waals surface area contributed by atoms with Crippen LogP contribution in [0.4, 0.5) is 4.48 Å². The summed E-state index contributed by atoms with van der Waals surface area (Å²) in [4.78, 5) is 0. The zero-order chi connectivity index (χ0) is 6.53. The second-order valence-corrected chi connectivity index (χ2v) is 2.68. The third kappa shape index (κ3) is 2.80. The molecule has 54 valence electrons. The van der Waals surface area contributed by atoms with Crippen molar-refractivity contribution >= 4 is 0 Å². The lowest BCUT2D eigenvalue weighted by Crippen LogP contribution is -2.17. The van der Waals surface area contributed by atoms with Crippen molar-refractivity contribution in [2.24, 2.45) is 0 Å². The van der Waals surface area contributed by atoms with E-state index in [1.165, 1.54) is 19.3 Å². The van der Waals surface area contributed by atoms with Crippen molar-refractivity contribution in [3.8, 4) is 0 Å². The molecule has 1 nitrogen and oxygen atoms in total. The van der Waals surface area contributed by atoms with Crippen LogP contribution in [-0.4, -0.2) is 18.2 Å². The molecule has 0 spiro atoms. The molecule has 0 atom stereocenters. The summed E-state index contributed by atoms with van der Waals surface area (Å²) in [5.74, 6) is 0. The summed E-state index contributed by atoms with van der Waals surface area (Å²) in [5.41, 5.74) is 0. The quantitative estimate of drug-likeness (QED) is 0.455. The maximum Gasteiger partial charge on any atom is 0.0290 e. The first-order valence-corrected chi connectivity index (χ1v) is 3.80. The average molecular weight is 131 g/mol. The summed E-state index contributed by atoms with van der Waals surface area (Å²) < 4.78 is 12.5. The highest BCUT2D eigenvalue weighted by molar-refractivity contribution is 4.53. The van der Waals surface area contributed by atoms with Crippen molar-refractivity contribution in [1.29, 1.82) is 0 Å². The minimum atomic E-state index is 0.653. The van der Waals surface area contributed by atoms with Gasteiger partial charge in [0, 0.05) is 13.1 Å². The molecule has 0 aliphatic carbocycles. The normalized spacial score (nSPS) is 25.0. The number of nitrogens with zero attached hydrogens (tertiary/aromatic N) is 1. The molecule has 1 heterocycles. The van der Waals surface area contributed by atoms with Gasteiger partial charge in [0.25, 0.3) is 0 Å². The fourth-order valence-electron chi connectivity index (χ4n) is 1.21. The van der Waals surface area contributed by atoms with E-state index < -0.39 is 0 Å². The van der Waals surface area contributed by atoms with Crippen LogP contribution in [0.25, 0.3) is 0 Å².